The molecule has 2 aliphatic heterocycles. The maximum Gasteiger partial charge on any atom is 0.312 e. The van der Waals surface area contributed by atoms with Crippen LogP contribution in [0.1, 0.15) is 39.5 Å². The van der Waals surface area contributed by atoms with Crippen molar-refractivity contribution in [2.45, 2.75) is 51.7 Å². The summed E-state index contributed by atoms with van der Waals surface area (Å²) in [5.74, 6) is 5.35. The summed E-state index contributed by atoms with van der Waals surface area (Å²) in [5, 5.41) is 0. The topological polar surface area (TPSA) is 52.6 Å². The first-order valence-electron chi connectivity index (χ1n) is 10.9. The number of carbonyl (C=O) groups excluding carboxylic acids is 2. The number of rotatable bonds is 0. The van der Waals surface area contributed by atoms with E-state index in [-0.39, 0.29) is 35.0 Å². The van der Waals surface area contributed by atoms with Gasteiger partial charge in [-0.1, -0.05) is 0 Å². The quantitative estimate of drug-likeness (QED) is 0.628. The van der Waals surface area contributed by atoms with Gasteiger partial charge in [0.2, 0.25) is 0 Å². The minimum absolute atomic E-state index is 0.112. The standard InChI is InChI=1S/C22H26O4/c1-21-15-7-3-5-10-12(7)18-13(15)14-16(22(18,2)20(24)26-10)8-4-6-9(25-19(21)23)11(8)17(14)21/h7-18H,3-6H2,1-2H3/t7-,8-,9-,10+,11+,12+,13-,14-,15+,16+,17-,18+,21-,22-/m1/s1. The molecule has 8 rings (SSSR count). The fourth-order valence-corrected chi connectivity index (χ4v) is 11.4. The average Bonchev–Trinajstić information content (AvgIpc) is 3.34. The highest BCUT2D eigenvalue weighted by Crippen LogP contribution is 2.86. The molecule has 8 fully saturated rings. The number of esters is 2. The van der Waals surface area contributed by atoms with E-state index < -0.39 is 0 Å². The van der Waals surface area contributed by atoms with Crippen LogP contribution in [0.25, 0.3) is 0 Å². The fourth-order valence-electron chi connectivity index (χ4n) is 11.4. The van der Waals surface area contributed by atoms with Gasteiger partial charge in [0.05, 0.1) is 10.8 Å². The summed E-state index contributed by atoms with van der Waals surface area (Å²) in [4.78, 5) is 26.7. The molecule has 0 aromatic rings. The molecule has 8 aliphatic rings. The van der Waals surface area contributed by atoms with Gasteiger partial charge in [-0.2, -0.15) is 0 Å². The van der Waals surface area contributed by atoms with Gasteiger partial charge in [0.15, 0.2) is 0 Å². The van der Waals surface area contributed by atoms with Crippen LogP contribution in [-0.4, -0.2) is 24.1 Å². The minimum atomic E-state index is -0.297. The number of ether oxygens (including phenoxy) is 2. The Hall–Kier alpha value is -1.06. The van der Waals surface area contributed by atoms with Gasteiger partial charge >= 0.3 is 11.9 Å². The maximum atomic E-state index is 13.4. The Balaban J connectivity index is 1.45. The van der Waals surface area contributed by atoms with Gasteiger partial charge in [-0.15, -0.1) is 0 Å². The van der Waals surface area contributed by atoms with Gasteiger partial charge in [0.1, 0.15) is 12.2 Å². The van der Waals surface area contributed by atoms with Gasteiger partial charge in [0.25, 0.3) is 0 Å². The molecule has 6 saturated carbocycles. The SMILES string of the molecule is C[C@]12C(=O)O[C@@H]3CC[C@@H]4[C@@H]3[C@@H]1[C@@H]1[C@H]3[C@@H]5[C@H]6[C@@H](CC[C@@H]6OC(=O)[C@]5(C)[C@@H]41)[C@@H]32. The number of fused-ring (bicyclic) bond motifs is 4. The Labute approximate surface area is 153 Å². The molecule has 0 spiro atoms. The third-order valence-electron chi connectivity index (χ3n) is 11.4. The molecular formula is C22H26O4. The van der Waals surface area contributed by atoms with Crippen molar-refractivity contribution in [3.8, 4) is 0 Å². The van der Waals surface area contributed by atoms with Crippen LogP contribution in [0.5, 0.6) is 0 Å². The van der Waals surface area contributed by atoms with E-state index in [1.807, 2.05) is 0 Å². The fraction of sp³-hybridized carbons (Fsp3) is 0.909. The molecule has 2 saturated heterocycles. The minimum Gasteiger partial charge on any atom is -0.462 e. The van der Waals surface area contributed by atoms with Gasteiger partial charge in [-0.05, 0) is 86.9 Å². The summed E-state index contributed by atoms with van der Waals surface area (Å²) < 4.78 is 12.3. The third-order valence-corrected chi connectivity index (χ3v) is 11.4. The number of hydrogen-bond acceptors (Lipinski definition) is 4. The zero-order valence-electron chi connectivity index (χ0n) is 15.4. The van der Waals surface area contributed by atoms with Crippen molar-refractivity contribution >= 4 is 11.9 Å². The molecule has 0 N–H and O–H groups in total. The van der Waals surface area contributed by atoms with E-state index in [1.54, 1.807) is 0 Å². The molecule has 0 aromatic carbocycles. The first-order valence-corrected chi connectivity index (χ1v) is 10.9. The van der Waals surface area contributed by atoms with Crippen molar-refractivity contribution in [2.24, 2.45) is 70.0 Å². The molecule has 6 aliphatic carbocycles. The van der Waals surface area contributed by atoms with Gasteiger partial charge < -0.3 is 9.47 Å². The Bertz CT molecular complexity index is 740. The lowest BCUT2D eigenvalue weighted by Gasteiger charge is -2.47. The Kier molecular flexibility index (Phi) is 1.95. The molecule has 0 radical (unpaired) electrons. The molecule has 138 valence electrons. The zero-order valence-corrected chi connectivity index (χ0v) is 15.4. The number of hydrogen-bond donors (Lipinski definition) is 0. The highest BCUT2D eigenvalue weighted by Gasteiger charge is 2.88. The largest absolute Gasteiger partial charge is 0.462 e. The van der Waals surface area contributed by atoms with Crippen LogP contribution >= 0.6 is 0 Å². The van der Waals surface area contributed by atoms with Crippen molar-refractivity contribution in [1.82, 2.24) is 0 Å². The molecule has 2 heterocycles. The van der Waals surface area contributed by atoms with E-state index in [0.717, 1.165) is 25.7 Å². The van der Waals surface area contributed by atoms with Crippen molar-refractivity contribution in [2.75, 3.05) is 0 Å². The zero-order chi connectivity index (χ0) is 17.3. The lowest BCUT2D eigenvalue weighted by molar-refractivity contribution is -0.189. The molecule has 0 bridgehead atoms. The highest BCUT2D eigenvalue weighted by molar-refractivity contribution is 5.83. The first-order chi connectivity index (χ1) is 12.5. The van der Waals surface area contributed by atoms with Crippen LogP contribution < -0.4 is 0 Å². The molecule has 0 amide bonds. The number of carbonyl (C=O) groups is 2. The van der Waals surface area contributed by atoms with Crippen LogP contribution in [0, 0.1) is 70.0 Å². The Morgan fingerprint density at radius 2 is 1.08 bits per heavy atom. The van der Waals surface area contributed by atoms with E-state index in [9.17, 15) is 9.59 Å². The van der Waals surface area contributed by atoms with Crippen LogP contribution in [-0.2, 0) is 19.1 Å². The monoisotopic (exact) mass is 354 g/mol. The van der Waals surface area contributed by atoms with Gasteiger partial charge in [0, 0.05) is 11.8 Å². The smallest absolute Gasteiger partial charge is 0.312 e. The maximum absolute atomic E-state index is 13.4. The second-order valence-electron chi connectivity index (χ2n) is 11.3. The summed E-state index contributed by atoms with van der Waals surface area (Å²) in [5.41, 5.74) is -0.593. The predicted molar refractivity (Wildman–Crippen MR) is 89.3 cm³/mol. The molecule has 0 aromatic heterocycles. The Morgan fingerprint density at radius 1 is 0.654 bits per heavy atom. The summed E-state index contributed by atoms with van der Waals surface area (Å²) in [6, 6.07) is 0. The third kappa shape index (κ3) is 1.00. The molecule has 4 nitrogen and oxygen atoms in total. The summed E-state index contributed by atoms with van der Waals surface area (Å²) >= 11 is 0. The first kappa shape index (κ1) is 14.0. The van der Waals surface area contributed by atoms with E-state index >= 15 is 0 Å². The summed E-state index contributed by atoms with van der Waals surface area (Å²) in [7, 11) is 0. The van der Waals surface area contributed by atoms with Gasteiger partial charge in [-0.25, -0.2) is 0 Å². The van der Waals surface area contributed by atoms with Crippen LogP contribution in [0.15, 0.2) is 0 Å². The Morgan fingerprint density at radius 3 is 1.50 bits per heavy atom. The molecule has 14 atom stereocenters. The lowest BCUT2D eigenvalue weighted by Crippen LogP contribution is -2.53. The molecule has 4 heteroatoms. The van der Waals surface area contributed by atoms with Gasteiger partial charge in [-0.3, -0.25) is 9.59 Å². The summed E-state index contributed by atoms with van der Waals surface area (Å²) in [6.07, 6.45) is 4.56. The summed E-state index contributed by atoms with van der Waals surface area (Å²) in [6.45, 7) is 4.53. The van der Waals surface area contributed by atoms with Crippen molar-refractivity contribution < 1.29 is 19.1 Å². The normalized spacial score (nSPS) is 72.7. The lowest BCUT2D eigenvalue weighted by atomic mass is 9.61. The van der Waals surface area contributed by atoms with E-state index in [0.29, 0.717) is 59.2 Å². The van der Waals surface area contributed by atoms with E-state index in [2.05, 4.69) is 13.8 Å². The van der Waals surface area contributed by atoms with E-state index in [1.165, 1.54) is 0 Å². The van der Waals surface area contributed by atoms with E-state index in [4.69, 9.17) is 9.47 Å². The highest BCUT2D eigenvalue weighted by atomic mass is 16.6. The van der Waals surface area contributed by atoms with Crippen molar-refractivity contribution in [3.63, 3.8) is 0 Å². The van der Waals surface area contributed by atoms with Crippen LogP contribution in [0.2, 0.25) is 0 Å². The molecule has 0 unspecified atom stereocenters. The van der Waals surface area contributed by atoms with Crippen LogP contribution in [0.4, 0.5) is 0 Å². The predicted octanol–water partition coefficient (Wildman–Crippen LogP) is 2.65. The molecular weight excluding hydrogens is 328 g/mol. The molecule has 26 heavy (non-hydrogen) atoms. The van der Waals surface area contributed by atoms with Crippen molar-refractivity contribution in [1.29, 1.82) is 0 Å². The average molecular weight is 354 g/mol. The van der Waals surface area contributed by atoms with Crippen LogP contribution in [0.3, 0.4) is 0 Å². The van der Waals surface area contributed by atoms with Crippen molar-refractivity contribution in [3.05, 3.63) is 0 Å². The second kappa shape index (κ2) is 3.63. The second-order valence-corrected chi connectivity index (χ2v) is 11.3.